The van der Waals surface area contributed by atoms with Crippen molar-refractivity contribution >= 4 is 0 Å². The van der Waals surface area contributed by atoms with E-state index in [1.807, 2.05) is 0 Å². The average Bonchev–Trinajstić information content (AvgIpc) is 2.46. The third-order valence-electron chi connectivity index (χ3n) is 5.26. The summed E-state index contributed by atoms with van der Waals surface area (Å²) in [5.41, 5.74) is 6.31. The van der Waals surface area contributed by atoms with Gasteiger partial charge in [-0.25, -0.2) is 0 Å². The molecule has 120 valence electrons. The number of rotatable bonds is 9. The first-order chi connectivity index (χ1) is 9.53. The van der Waals surface area contributed by atoms with Gasteiger partial charge in [-0.2, -0.15) is 0 Å². The van der Waals surface area contributed by atoms with E-state index >= 15 is 0 Å². The minimum atomic E-state index is 0.176. The summed E-state index contributed by atoms with van der Waals surface area (Å²) in [6.07, 6.45) is 10.7. The van der Waals surface area contributed by atoms with E-state index in [0.717, 1.165) is 6.54 Å². The zero-order valence-corrected chi connectivity index (χ0v) is 14.3. The highest BCUT2D eigenvalue weighted by atomic mass is 15.3. The molecule has 3 nitrogen and oxygen atoms in total. The molecule has 1 rings (SSSR count). The third kappa shape index (κ3) is 5.34. The van der Waals surface area contributed by atoms with Gasteiger partial charge in [-0.05, 0) is 46.8 Å². The summed E-state index contributed by atoms with van der Waals surface area (Å²) in [5, 5.41) is 0. The molecule has 0 saturated carbocycles. The van der Waals surface area contributed by atoms with E-state index in [4.69, 9.17) is 5.73 Å². The summed E-state index contributed by atoms with van der Waals surface area (Å²) < 4.78 is 0. The summed E-state index contributed by atoms with van der Waals surface area (Å²) in [6, 6.07) is 0.679. The van der Waals surface area contributed by atoms with Crippen molar-refractivity contribution in [3.63, 3.8) is 0 Å². The van der Waals surface area contributed by atoms with Crippen LogP contribution in [0.2, 0.25) is 0 Å². The SMILES string of the molecule is CCCCCCCC(C)(CN)N(C)C1CCCN(C)C1. The number of nitrogens with zero attached hydrogens (tertiary/aromatic N) is 2. The van der Waals surface area contributed by atoms with Crippen molar-refractivity contribution in [3.8, 4) is 0 Å². The van der Waals surface area contributed by atoms with Gasteiger partial charge in [-0.1, -0.05) is 39.0 Å². The Kier molecular flexibility index (Phi) is 8.08. The fraction of sp³-hybridized carbons (Fsp3) is 1.00. The van der Waals surface area contributed by atoms with Crippen LogP contribution in [0.1, 0.15) is 65.2 Å². The molecule has 0 aromatic heterocycles. The van der Waals surface area contributed by atoms with Gasteiger partial charge in [0, 0.05) is 24.7 Å². The lowest BCUT2D eigenvalue weighted by Crippen LogP contribution is -2.57. The van der Waals surface area contributed by atoms with E-state index in [0.29, 0.717) is 6.04 Å². The van der Waals surface area contributed by atoms with Crippen LogP contribution in [0.25, 0.3) is 0 Å². The van der Waals surface area contributed by atoms with Crippen LogP contribution in [0.15, 0.2) is 0 Å². The van der Waals surface area contributed by atoms with Gasteiger partial charge in [0.1, 0.15) is 0 Å². The van der Waals surface area contributed by atoms with Crippen LogP contribution in [0.4, 0.5) is 0 Å². The molecule has 0 aliphatic carbocycles. The lowest BCUT2D eigenvalue weighted by Gasteiger charge is -2.46. The summed E-state index contributed by atoms with van der Waals surface area (Å²) in [6.45, 7) is 7.86. The molecule has 3 heteroatoms. The van der Waals surface area contributed by atoms with Gasteiger partial charge in [0.15, 0.2) is 0 Å². The van der Waals surface area contributed by atoms with Gasteiger partial charge in [-0.15, -0.1) is 0 Å². The first-order valence-electron chi connectivity index (χ1n) is 8.65. The van der Waals surface area contributed by atoms with Crippen LogP contribution in [-0.2, 0) is 0 Å². The van der Waals surface area contributed by atoms with Crippen molar-refractivity contribution in [2.45, 2.75) is 76.8 Å². The van der Waals surface area contributed by atoms with Crippen molar-refractivity contribution in [1.82, 2.24) is 9.80 Å². The molecular formula is C17H37N3. The maximum atomic E-state index is 6.13. The molecule has 1 saturated heterocycles. The van der Waals surface area contributed by atoms with E-state index in [-0.39, 0.29) is 5.54 Å². The predicted molar refractivity (Wildman–Crippen MR) is 89.1 cm³/mol. The van der Waals surface area contributed by atoms with E-state index in [2.05, 4.69) is 37.7 Å². The summed E-state index contributed by atoms with van der Waals surface area (Å²) in [5.74, 6) is 0. The lowest BCUT2D eigenvalue weighted by molar-refractivity contribution is 0.0420. The number of unbranched alkanes of at least 4 members (excludes halogenated alkanes) is 4. The first-order valence-corrected chi connectivity index (χ1v) is 8.65. The van der Waals surface area contributed by atoms with Crippen LogP contribution >= 0.6 is 0 Å². The summed E-state index contributed by atoms with van der Waals surface area (Å²) in [7, 11) is 4.53. The molecule has 2 atom stereocenters. The Morgan fingerprint density at radius 3 is 2.55 bits per heavy atom. The molecular weight excluding hydrogens is 246 g/mol. The standard InChI is InChI=1S/C17H37N3/c1-5-6-7-8-9-12-17(2,15-18)20(4)16-11-10-13-19(3)14-16/h16H,5-15,18H2,1-4H3. The van der Waals surface area contributed by atoms with Crippen LogP contribution in [-0.4, -0.2) is 55.1 Å². The maximum absolute atomic E-state index is 6.13. The van der Waals surface area contributed by atoms with Crippen LogP contribution < -0.4 is 5.73 Å². The second-order valence-electron chi connectivity index (χ2n) is 7.03. The molecule has 1 aliphatic heterocycles. The number of likely N-dealkylation sites (N-methyl/N-ethyl adjacent to an activating group) is 2. The molecule has 0 radical (unpaired) electrons. The molecule has 2 unspecified atom stereocenters. The number of piperidine rings is 1. The Bertz CT molecular complexity index is 257. The highest BCUT2D eigenvalue weighted by molar-refractivity contribution is 4.91. The normalized spacial score (nSPS) is 24.0. The average molecular weight is 284 g/mol. The molecule has 20 heavy (non-hydrogen) atoms. The zero-order chi connectivity index (χ0) is 15.0. The fourth-order valence-electron chi connectivity index (χ4n) is 3.43. The molecule has 0 amide bonds. The van der Waals surface area contributed by atoms with E-state index < -0.39 is 0 Å². The largest absolute Gasteiger partial charge is 0.329 e. The van der Waals surface area contributed by atoms with Gasteiger partial charge in [-0.3, -0.25) is 4.90 Å². The summed E-state index contributed by atoms with van der Waals surface area (Å²) >= 11 is 0. The van der Waals surface area contributed by atoms with Gasteiger partial charge < -0.3 is 10.6 Å². The number of likely N-dealkylation sites (tertiary alicyclic amines) is 1. The van der Waals surface area contributed by atoms with Crippen LogP contribution in [0, 0.1) is 0 Å². The molecule has 0 aromatic rings. The minimum absolute atomic E-state index is 0.176. The summed E-state index contributed by atoms with van der Waals surface area (Å²) in [4.78, 5) is 5.05. The Morgan fingerprint density at radius 1 is 1.25 bits per heavy atom. The van der Waals surface area contributed by atoms with Crippen LogP contribution in [0.5, 0.6) is 0 Å². The van der Waals surface area contributed by atoms with E-state index in [1.165, 1.54) is 64.5 Å². The van der Waals surface area contributed by atoms with Gasteiger partial charge in [0.25, 0.3) is 0 Å². The molecule has 0 bridgehead atoms. The predicted octanol–water partition coefficient (Wildman–Crippen LogP) is 3.09. The quantitative estimate of drug-likeness (QED) is 0.660. The van der Waals surface area contributed by atoms with Crippen molar-refractivity contribution in [2.24, 2.45) is 5.73 Å². The van der Waals surface area contributed by atoms with Crippen molar-refractivity contribution in [2.75, 3.05) is 33.7 Å². The van der Waals surface area contributed by atoms with Crippen molar-refractivity contribution < 1.29 is 0 Å². The lowest BCUT2D eigenvalue weighted by atomic mass is 9.89. The number of hydrogen-bond acceptors (Lipinski definition) is 3. The molecule has 1 fully saturated rings. The molecule has 1 aliphatic rings. The zero-order valence-electron chi connectivity index (χ0n) is 14.3. The van der Waals surface area contributed by atoms with Gasteiger partial charge >= 0.3 is 0 Å². The van der Waals surface area contributed by atoms with Crippen molar-refractivity contribution in [3.05, 3.63) is 0 Å². The Morgan fingerprint density at radius 2 is 1.95 bits per heavy atom. The molecule has 0 aromatic carbocycles. The second kappa shape index (κ2) is 9.01. The van der Waals surface area contributed by atoms with E-state index in [9.17, 15) is 0 Å². The first kappa shape index (κ1) is 17.9. The van der Waals surface area contributed by atoms with Crippen LogP contribution in [0.3, 0.4) is 0 Å². The highest BCUT2D eigenvalue weighted by Crippen LogP contribution is 2.26. The maximum Gasteiger partial charge on any atom is 0.0304 e. The van der Waals surface area contributed by atoms with Crippen molar-refractivity contribution in [1.29, 1.82) is 0 Å². The van der Waals surface area contributed by atoms with Gasteiger partial charge in [0.05, 0.1) is 0 Å². The third-order valence-corrected chi connectivity index (χ3v) is 5.26. The number of hydrogen-bond donors (Lipinski definition) is 1. The monoisotopic (exact) mass is 283 g/mol. The molecule has 1 heterocycles. The topological polar surface area (TPSA) is 32.5 Å². The Labute approximate surface area is 126 Å². The van der Waals surface area contributed by atoms with Gasteiger partial charge in [0.2, 0.25) is 0 Å². The second-order valence-corrected chi connectivity index (χ2v) is 7.03. The molecule has 0 spiro atoms. The smallest absolute Gasteiger partial charge is 0.0304 e. The fourth-order valence-corrected chi connectivity index (χ4v) is 3.43. The Hall–Kier alpha value is -0.120. The van der Waals surface area contributed by atoms with E-state index in [1.54, 1.807) is 0 Å². The Balaban J connectivity index is 2.44. The highest BCUT2D eigenvalue weighted by Gasteiger charge is 2.33. The minimum Gasteiger partial charge on any atom is -0.329 e. The number of nitrogens with two attached hydrogens (primary N) is 1. The molecule has 2 N–H and O–H groups in total.